The minimum absolute atomic E-state index is 0.218. The maximum absolute atomic E-state index is 12.6. The fraction of sp³-hybridized carbons (Fsp3) is 0.417. The van der Waals surface area contributed by atoms with Crippen molar-refractivity contribution in [1.82, 2.24) is 0 Å². The third kappa shape index (κ3) is 4.40. The molecule has 0 saturated heterocycles. The van der Waals surface area contributed by atoms with Crippen LogP contribution in [0.25, 0.3) is 0 Å². The number of carbonyl (C=O) groups is 1. The van der Waals surface area contributed by atoms with Gasteiger partial charge in [0.1, 0.15) is 12.4 Å². The van der Waals surface area contributed by atoms with Gasteiger partial charge in [0.15, 0.2) is 0 Å². The third-order valence-corrected chi connectivity index (χ3v) is 1.89. The first-order valence-corrected chi connectivity index (χ1v) is 5.24. The quantitative estimate of drug-likeness (QED) is 0.552. The number of rotatable bonds is 6. The number of esters is 1. The molecule has 88 valence electrons. The lowest BCUT2D eigenvalue weighted by Gasteiger charge is -2.05. The summed E-state index contributed by atoms with van der Waals surface area (Å²) in [5.74, 6) is -0.831. The molecule has 0 aliphatic rings. The van der Waals surface area contributed by atoms with Crippen molar-refractivity contribution >= 4 is 5.97 Å². The Morgan fingerprint density at radius 1 is 1.19 bits per heavy atom. The minimum atomic E-state index is -0.458. The maximum atomic E-state index is 12.6. The van der Waals surface area contributed by atoms with E-state index in [1.807, 2.05) is 6.92 Å². The van der Waals surface area contributed by atoms with E-state index in [0.29, 0.717) is 18.8 Å². The van der Waals surface area contributed by atoms with Gasteiger partial charge >= 0.3 is 5.97 Å². The molecule has 0 aliphatic heterocycles. The number of carbonyl (C=O) groups excluding carboxylic acids is 1. The molecular weight excluding hydrogens is 211 g/mol. The first-order valence-electron chi connectivity index (χ1n) is 5.24. The van der Waals surface area contributed by atoms with Gasteiger partial charge in [-0.05, 0) is 30.7 Å². The van der Waals surface area contributed by atoms with Gasteiger partial charge < -0.3 is 9.47 Å². The molecule has 1 aromatic rings. The molecule has 3 nitrogen and oxygen atoms in total. The molecule has 0 fully saturated rings. The van der Waals surface area contributed by atoms with Gasteiger partial charge in [-0.15, -0.1) is 0 Å². The number of ether oxygens (including phenoxy) is 2. The highest BCUT2D eigenvalue weighted by Gasteiger charge is 2.06. The van der Waals surface area contributed by atoms with Crippen LogP contribution in [0.4, 0.5) is 4.39 Å². The zero-order valence-corrected chi connectivity index (χ0v) is 9.24. The summed E-state index contributed by atoms with van der Waals surface area (Å²) in [6, 6.07) is 5.24. The highest BCUT2D eigenvalue weighted by molar-refractivity contribution is 5.89. The standard InChI is InChI=1S/C12H15FO3/c1-2-7-15-8-9-16-12(14)10-3-5-11(13)6-4-10/h3-6H,2,7-9H2,1H3. The molecule has 0 unspecified atom stereocenters. The van der Waals surface area contributed by atoms with Gasteiger partial charge in [0, 0.05) is 6.61 Å². The Kier molecular flexibility index (Phi) is 5.50. The Bertz CT molecular complexity index is 322. The second-order valence-corrected chi connectivity index (χ2v) is 3.26. The van der Waals surface area contributed by atoms with Crippen LogP contribution in [-0.4, -0.2) is 25.8 Å². The Morgan fingerprint density at radius 3 is 2.50 bits per heavy atom. The van der Waals surface area contributed by atoms with Crippen LogP contribution in [0.3, 0.4) is 0 Å². The smallest absolute Gasteiger partial charge is 0.338 e. The first-order chi connectivity index (χ1) is 7.74. The molecule has 0 amide bonds. The zero-order valence-electron chi connectivity index (χ0n) is 9.24. The number of halogens is 1. The molecule has 0 heterocycles. The van der Waals surface area contributed by atoms with Crippen molar-refractivity contribution in [3.63, 3.8) is 0 Å². The lowest BCUT2D eigenvalue weighted by atomic mass is 10.2. The zero-order chi connectivity index (χ0) is 11.8. The summed E-state index contributed by atoms with van der Waals surface area (Å²) in [6.45, 7) is 3.27. The Labute approximate surface area is 94.2 Å². The summed E-state index contributed by atoms with van der Waals surface area (Å²) >= 11 is 0. The monoisotopic (exact) mass is 226 g/mol. The third-order valence-electron chi connectivity index (χ3n) is 1.89. The van der Waals surface area contributed by atoms with E-state index in [0.717, 1.165) is 6.42 Å². The average molecular weight is 226 g/mol. The van der Waals surface area contributed by atoms with E-state index < -0.39 is 5.97 Å². The largest absolute Gasteiger partial charge is 0.460 e. The lowest BCUT2D eigenvalue weighted by Crippen LogP contribution is -2.11. The molecule has 0 N–H and O–H groups in total. The van der Waals surface area contributed by atoms with Crippen molar-refractivity contribution in [1.29, 1.82) is 0 Å². The molecule has 16 heavy (non-hydrogen) atoms. The molecular formula is C12H15FO3. The lowest BCUT2D eigenvalue weighted by molar-refractivity contribution is 0.0318. The summed E-state index contributed by atoms with van der Waals surface area (Å²) in [5, 5.41) is 0. The Hall–Kier alpha value is -1.42. The van der Waals surface area contributed by atoms with E-state index in [1.165, 1.54) is 24.3 Å². The summed E-state index contributed by atoms with van der Waals surface area (Å²) < 4.78 is 22.6. The maximum Gasteiger partial charge on any atom is 0.338 e. The Morgan fingerprint density at radius 2 is 1.88 bits per heavy atom. The minimum Gasteiger partial charge on any atom is -0.460 e. The van der Waals surface area contributed by atoms with Crippen LogP contribution in [0.15, 0.2) is 24.3 Å². The van der Waals surface area contributed by atoms with Crippen molar-refractivity contribution in [2.75, 3.05) is 19.8 Å². The van der Waals surface area contributed by atoms with Crippen LogP contribution in [0.1, 0.15) is 23.7 Å². The van der Waals surface area contributed by atoms with Crippen LogP contribution in [-0.2, 0) is 9.47 Å². The second kappa shape index (κ2) is 6.95. The van der Waals surface area contributed by atoms with Gasteiger partial charge in [-0.3, -0.25) is 0 Å². The van der Waals surface area contributed by atoms with Crippen LogP contribution >= 0.6 is 0 Å². The molecule has 0 atom stereocenters. The summed E-state index contributed by atoms with van der Waals surface area (Å²) in [7, 11) is 0. The molecule has 4 heteroatoms. The van der Waals surface area contributed by atoms with Crippen molar-refractivity contribution < 1.29 is 18.7 Å². The predicted molar refractivity (Wildman–Crippen MR) is 57.8 cm³/mol. The summed E-state index contributed by atoms with van der Waals surface area (Å²) in [5.41, 5.74) is 0.344. The second-order valence-electron chi connectivity index (χ2n) is 3.26. The van der Waals surface area contributed by atoms with Crippen LogP contribution < -0.4 is 0 Å². The number of benzene rings is 1. The van der Waals surface area contributed by atoms with E-state index in [9.17, 15) is 9.18 Å². The van der Waals surface area contributed by atoms with Gasteiger partial charge in [0.05, 0.1) is 12.2 Å². The molecule has 0 saturated carbocycles. The van der Waals surface area contributed by atoms with Crippen molar-refractivity contribution in [2.45, 2.75) is 13.3 Å². The van der Waals surface area contributed by atoms with Gasteiger partial charge in [-0.25, -0.2) is 9.18 Å². The molecule has 0 aliphatic carbocycles. The molecule has 0 bridgehead atoms. The van der Waals surface area contributed by atoms with Crippen LogP contribution in [0.5, 0.6) is 0 Å². The number of hydrogen-bond donors (Lipinski definition) is 0. The summed E-state index contributed by atoms with van der Waals surface area (Å²) in [4.78, 5) is 11.4. The van der Waals surface area contributed by atoms with Crippen molar-refractivity contribution in [3.05, 3.63) is 35.6 Å². The molecule has 0 radical (unpaired) electrons. The normalized spacial score (nSPS) is 10.1. The van der Waals surface area contributed by atoms with Gasteiger partial charge in [0.25, 0.3) is 0 Å². The fourth-order valence-electron chi connectivity index (χ4n) is 1.11. The summed E-state index contributed by atoms with van der Waals surface area (Å²) in [6.07, 6.45) is 0.936. The molecule has 1 aromatic carbocycles. The highest BCUT2D eigenvalue weighted by Crippen LogP contribution is 2.04. The molecule has 0 spiro atoms. The van der Waals surface area contributed by atoms with Crippen LogP contribution in [0.2, 0.25) is 0 Å². The average Bonchev–Trinajstić information content (AvgIpc) is 2.29. The van der Waals surface area contributed by atoms with E-state index in [-0.39, 0.29) is 12.4 Å². The predicted octanol–water partition coefficient (Wildman–Crippen LogP) is 2.41. The highest BCUT2D eigenvalue weighted by atomic mass is 19.1. The van der Waals surface area contributed by atoms with E-state index >= 15 is 0 Å². The number of hydrogen-bond acceptors (Lipinski definition) is 3. The first kappa shape index (κ1) is 12.6. The Balaban J connectivity index is 2.27. The van der Waals surface area contributed by atoms with Gasteiger partial charge in [-0.2, -0.15) is 0 Å². The van der Waals surface area contributed by atoms with Crippen molar-refractivity contribution in [2.24, 2.45) is 0 Å². The van der Waals surface area contributed by atoms with Gasteiger partial charge in [-0.1, -0.05) is 6.92 Å². The van der Waals surface area contributed by atoms with Crippen LogP contribution in [0, 0.1) is 5.82 Å². The molecule has 0 aromatic heterocycles. The topological polar surface area (TPSA) is 35.5 Å². The fourth-order valence-corrected chi connectivity index (χ4v) is 1.11. The van der Waals surface area contributed by atoms with Gasteiger partial charge in [0.2, 0.25) is 0 Å². The van der Waals surface area contributed by atoms with E-state index in [2.05, 4.69) is 0 Å². The van der Waals surface area contributed by atoms with E-state index in [1.54, 1.807) is 0 Å². The van der Waals surface area contributed by atoms with Crippen molar-refractivity contribution in [3.8, 4) is 0 Å². The van der Waals surface area contributed by atoms with E-state index in [4.69, 9.17) is 9.47 Å². The SMILES string of the molecule is CCCOCCOC(=O)c1ccc(F)cc1. The molecule has 1 rings (SSSR count).